The smallest absolute Gasteiger partial charge is 0.410 e. The third-order valence-corrected chi connectivity index (χ3v) is 14.8. The van der Waals surface area contributed by atoms with Crippen molar-refractivity contribution in [2.24, 2.45) is 11.7 Å². The van der Waals surface area contributed by atoms with Crippen molar-refractivity contribution in [1.29, 1.82) is 0 Å². The average Bonchev–Trinajstić information content (AvgIpc) is 3.64. The van der Waals surface area contributed by atoms with E-state index in [0.29, 0.717) is 63.4 Å². The third kappa shape index (κ3) is 14.4. The van der Waals surface area contributed by atoms with Crippen LogP contribution in [0.15, 0.2) is 97.1 Å². The summed E-state index contributed by atoms with van der Waals surface area (Å²) in [5.41, 5.74) is 20.1. The highest BCUT2D eigenvalue weighted by molar-refractivity contribution is 6.28. The van der Waals surface area contributed by atoms with Gasteiger partial charge < -0.3 is 53.4 Å². The first-order chi connectivity index (χ1) is 40.7. The van der Waals surface area contributed by atoms with Crippen molar-refractivity contribution in [1.82, 2.24) is 40.9 Å². The summed E-state index contributed by atoms with van der Waals surface area (Å²) in [7, 11) is 0. The highest BCUT2D eigenvalue weighted by Crippen LogP contribution is 2.35. The normalized spacial score (nSPS) is 14.2. The molecule has 0 saturated heterocycles. The molecule has 0 unspecified atom stereocenters. The van der Waals surface area contributed by atoms with E-state index in [9.17, 15) is 57.5 Å². The number of urea groups is 1. The van der Waals surface area contributed by atoms with Crippen molar-refractivity contribution in [3.05, 3.63) is 125 Å². The minimum absolute atomic E-state index is 0.0210. The Morgan fingerprint density at radius 3 is 1.74 bits per heavy atom. The van der Waals surface area contributed by atoms with Crippen LogP contribution < -0.4 is 43.8 Å². The number of hydrogen-bond donors (Lipinski definition) is 8. The molecule has 25 heteroatoms. The van der Waals surface area contributed by atoms with E-state index in [1.807, 2.05) is 0 Å². The number of benzene rings is 5. The fourth-order valence-electron chi connectivity index (χ4n) is 10.3. The summed E-state index contributed by atoms with van der Waals surface area (Å²) < 4.78 is 5.74. The van der Waals surface area contributed by atoms with Crippen LogP contribution in [0.3, 0.4) is 0 Å². The van der Waals surface area contributed by atoms with Gasteiger partial charge in [-0.15, -0.1) is 0 Å². The Hall–Kier alpha value is -10.2. The minimum atomic E-state index is -1.14. The van der Waals surface area contributed by atoms with E-state index in [1.54, 1.807) is 92.7 Å². The van der Waals surface area contributed by atoms with Crippen molar-refractivity contribution in [3.63, 3.8) is 0 Å². The van der Waals surface area contributed by atoms with Gasteiger partial charge in [0.25, 0.3) is 35.4 Å². The standard InChI is InChI=1S/C60H66N12O13/c1-34(2)52(68-46(73)15-4-3-5-29-70-48(75)24-25-49(70)76)54(78)67-45(14-8-26-65-59(63)83)53(77)66-36-18-16-35(17-19-36)33-85-60(84)69(30-31-71-55(79)39-12-6-10-37-43(61)22-20-41(50(37)39)56(71)80)28-9-27-64-47(74)32-72-57(81)40-13-7-11-38-44(62)23-21-42(51(38)40)58(72)82/h6-7,10-13,16-25,34,45,52H,3-5,8-9,14-15,26-33,61-62H2,1-2H3,(H,64,74)(H,66,77)(H,67,78)(H,68,73)(H3,63,65,83)/t45-,52-/m0/s1. The van der Waals surface area contributed by atoms with Crippen molar-refractivity contribution in [2.45, 2.75) is 77.5 Å². The number of ether oxygens (including phenoxy) is 1. The van der Waals surface area contributed by atoms with Gasteiger partial charge in [0, 0.05) is 119 Å². The minimum Gasteiger partial charge on any atom is -0.445 e. The van der Waals surface area contributed by atoms with Gasteiger partial charge in [0.15, 0.2) is 0 Å². The van der Waals surface area contributed by atoms with Crippen LogP contribution in [0.1, 0.15) is 106 Å². The van der Waals surface area contributed by atoms with Crippen molar-refractivity contribution in [3.8, 4) is 0 Å². The number of nitrogen functional groups attached to an aromatic ring is 2. The van der Waals surface area contributed by atoms with Gasteiger partial charge in [-0.3, -0.25) is 62.6 Å². The molecule has 3 heterocycles. The van der Waals surface area contributed by atoms with Gasteiger partial charge in [-0.2, -0.15) is 0 Å². The van der Waals surface area contributed by atoms with Crippen LogP contribution in [0.25, 0.3) is 21.5 Å². The maximum absolute atomic E-state index is 14.0. The SMILES string of the molecule is CC(C)[C@H](NC(=O)CCCCCN1C(=O)C=CC1=O)C(=O)N[C@@H](CCCNC(N)=O)C(=O)Nc1ccc(COC(=O)N(CCCNC(=O)CN2C(=O)c3cccc4c(N)ccc(c34)C2=O)CCN2C(=O)c3cccc4c(N)ccc(c34)C2=O)cc1. The molecule has 444 valence electrons. The number of nitrogens with two attached hydrogens (primary N) is 3. The zero-order chi connectivity index (χ0) is 61.1. The Labute approximate surface area is 487 Å². The number of unbranched alkanes of at least 4 members (excludes halogenated alkanes) is 2. The predicted octanol–water partition coefficient (Wildman–Crippen LogP) is 3.69. The third-order valence-electron chi connectivity index (χ3n) is 14.8. The highest BCUT2D eigenvalue weighted by atomic mass is 16.6. The van der Waals surface area contributed by atoms with Gasteiger partial charge in [0.2, 0.25) is 23.6 Å². The lowest BCUT2D eigenvalue weighted by Gasteiger charge is -2.30. The molecule has 5 aromatic carbocycles. The Bertz CT molecular complexity index is 3490. The molecule has 0 saturated carbocycles. The number of imide groups is 3. The van der Waals surface area contributed by atoms with Crippen molar-refractivity contribution < 1.29 is 62.3 Å². The summed E-state index contributed by atoms with van der Waals surface area (Å²) >= 11 is 0. The summed E-state index contributed by atoms with van der Waals surface area (Å²) in [5.74, 6) is -5.93. The molecule has 5 aromatic rings. The van der Waals surface area contributed by atoms with Crippen LogP contribution in [0.5, 0.6) is 0 Å². The Morgan fingerprint density at radius 2 is 1.15 bits per heavy atom. The summed E-state index contributed by atoms with van der Waals surface area (Å²) in [5, 5.41) is 15.3. The number of amides is 13. The number of carbonyl (C=O) groups is 12. The van der Waals surface area contributed by atoms with Gasteiger partial charge in [-0.05, 0) is 92.1 Å². The Balaban J connectivity index is 0.873. The average molecular weight is 1160 g/mol. The van der Waals surface area contributed by atoms with Crippen LogP contribution in [-0.2, 0) is 40.1 Å². The lowest BCUT2D eigenvalue weighted by Crippen LogP contribution is -2.54. The van der Waals surface area contributed by atoms with E-state index >= 15 is 0 Å². The molecule has 85 heavy (non-hydrogen) atoms. The van der Waals surface area contributed by atoms with Gasteiger partial charge in [0.1, 0.15) is 25.2 Å². The number of rotatable bonds is 27. The second-order valence-corrected chi connectivity index (χ2v) is 21.0. The second kappa shape index (κ2) is 27.3. The zero-order valence-corrected chi connectivity index (χ0v) is 46.9. The molecule has 11 N–H and O–H groups in total. The maximum Gasteiger partial charge on any atom is 0.410 e. The predicted molar refractivity (Wildman–Crippen MR) is 312 cm³/mol. The largest absolute Gasteiger partial charge is 0.445 e. The van der Waals surface area contributed by atoms with Crippen LogP contribution in [-0.4, -0.2) is 149 Å². The molecular weight excluding hydrogens is 1100 g/mol. The Morgan fingerprint density at radius 1 is 0.576 bits per heavy atom. The number of nitrogens with zero attached hydrogens (tertiary/aromatic N) is 4. The fourth-order valence-corrected chi connectivity index (χ4v) is 10.3. The molecule has 0 spiro atoms. The first-order valence-corrected chi connectivity index (χ1v) is 27.8. The topological polar surface area (TPSA) is 365 Å². The molecule has 8 rings (SSSR count). The molecule has 2 atom stereocenters. The molecule has 3 aliphatic heterocycles. The molecule has 0 aliphatic carbocycles. The van der Waals surface area contributed by atoms with E-state index in [2.05, 4.69) is 26.6 Å². The number of anilines is 3. The van der Waals surface area contributed by atoms with Gasteiger partial charge in [-0.1, -0.05) is 56.7 Å². The first-order valence-electron chi connectivity index (χ1n) is 27.8. The molecule has 0 aromatic heterocycles. The number of carbonyl (C=O) groups excluding carboxylic acids is 12. The molecule has 3 aliphatic rings. The van der Waals surface area contributed by atoms with E-state index in [-0.39, 0.29) is 112 Å². The summed E-state index contributed by atoms with van der Waals surface area (Å²) in [4.78, 5) is 162. The van der Waals surface area contributed by atoms with E-state index in [1.165, 1.54) is 23.1 Å². The van der Waals surface area contributed by atoms with Crippen molar-refractivity contribution >= 4 is 110 Å². The molecule has 25 nitrogen and oxygen atoms in total. The summed E-state index contributed by atoms with van der Waals surface area (Å²) in [6, 6.07) is 19.4. The second-order valence-electron chi connectivity index (χ2n) is 21.0. The van der Waals surface area contributed by atoms with Crippen LogP contribution in [0, 0.1) is 5.92 Å². The Kier molecular flexibility index (Phi) is 19.5. The maximum atomic E-state index is 14.0. The van der Waals surface area contributed by atoms with Crippen molar-refractivity contribution in [2.75, 3.05) is 62.6 Å². The fraction of sp³-hybridized carbons (Fsp3) is 0.333. The number of primary amides is 1. The number of nitrogens with one attached hydrogen (secondary N) is 5. The van der Waals surface area contributed by atoms with E-state index in [4.69, 9.17) is 21.9 Å². The molecule has 0 radical (unpaired) electrons. The molecule has 13 amide bonds. The van der Waals surface area contributed by atoms with Gasteiger partial charge in [-0.25, -0.2) is 9.59 Å². The molecular formula is C60H66N12O13. The van der Waals surface area contributed by atoms with E-state index in [0.717, 1.165) is 14.7 Å². The quantitative estimate of drug-likeness (QED) is 0.0211. The lowest BCUT2D eigenvalue weighted by molar-refractivity contribution is -0.137. The lowest BCUT2D eigenvalue weighted by atomic mass is 9.93. The zero-order valence-electron chi connectivity index (χ0n) is 46.9. The van der Waals surface area contributed by atoms with Gasteiger partial charge >= 0.3 is 12.1 Å². The van der Waals surface area contributed by atoms with Gasteiger partial charge in [0.05, 0.1) is 0 Å². The first kappa shape index (κ1) is 60.9. The monoisotopic (exact) mass is 1160 g/mol. The molecule has 0 fully saturated rings. The molecule has 0 bridgehead atoms. The van der Waals surface area contributed by atoms with Crippen LogP contribution >= 0.6 is 0 Å². The summed E-state index contributed by atoms with van der Waals surface area (Å²) in [6.07, 6.45) is 3.55. The number of hydrogen-bond acceptors (Lipinski definition) is 15. The highest BCUT2D eigenvalue weighted by Gasteiger charge is 2.36. The summed E-state index contributed by atoms with van der Waals surface area (Å²) in [6.45, 7) is 2.44. The van der Waals surface area contributed by atoms with Crippen LogP contribution in [0.4, 0.5) is 26.7 Å². The van der Waals surface area contributed by atoms with Crippen LogP contribution in [0.2, 0.25) is 0 Å². The van der Waals surface area contributed by atoms with E-state index < -0.39 is 78.0 Å².